The lowest BCUT2D eigenvalue weighted by atomic mass is 9.87. The molecule has 0 spiro atoms. The van der Waals surface area contributed by atoms with Crippen molar-refractivity contribution in [3.05, 3.63) is 71.8 Å². The molecular weight excluding hydrogens is 391 g/mol. The summed E-state index contributed by atoms with van der Waals surface area (Å²) in [5, 5.41) is 10.8. The first-order valence-electron chi connectivity index (χ1n) is 10.0. The highest BCUT2D eigenvalue weighted by molar-refractivity contribution is 5.85. The zero-order valence-electron chi connectivity index (χ0n) is 16.3. The van der Waals surface area contributed by atoms with Crippen molar-refractivity contribution >= 4 is 24.8 Å². The Balaban J connectivity index is 0.00000140. The van der Waals surface area contributed by atoms with Crippen LogP contribution >= 0.6 is 24.8 Å². The van der Waals surface area contributed by atoms with Gasteiger partial charge in [-0.2, -0.15) is 0 Å². The maximum absolute atomic E-state index is 10.8. The minimum atomic E-state index is -0.235. The van der Waals surface area contributed by atoms with E-state index in [1.807, 2.05) is 0 Å². The Hall–Kier alpha value is -1.10. The number of hydrogen-bond donors (Lipinski definition) is 1. The van der Waals surface area contributed by atoms with E-state index in [2.05, 4.69) is 70.5 Å². The third-order valence-electron chi connectivity index (χ3n) is 6.15. The van der Waals surface area contributed by atoms with Crippen molar-refractivity contribution in [2.75, 3.05) is 26.2 Å². The fourth-order valence-corrected chi connectivity index (χ4v) is 4.69. The van der Waals surface area contributed by atoms with E-state index >= 15 is 0 Å². The molecule has 2 aliphatic heterocycles. The first kappa shape index (κ1) is 23.2. The molecule has 0 amide bonds. The number of aliphatic hydroxyl groups is 1. The largest absolute Gasteiger partial charge is 0.390 e. The number of aliphatic hydroxyl groups excluding tert-OH is 1. The van der Waals surface area contributed by atoms with E-state index in [9.17, 15) is 5.11 Å². The van der Waals surface area contributed by atoms with Gasteiger partial charge in [0, 0.05) is 25.7 Å². The number of hydrogen-bond acceptors (Lipinski definition) is 3. The second kappa shape index (κ2) is 11.2. The summed E-state index contributed by atoms with van der Waals surface area (Å²) in [7, 11) is 0. The highest BCUT2D eigenvalue weighted by Crippen LogP contribution is 2.30. The van der Waals surface area contributed by atoms with Crippen LogP contribution in [0.2, 0.25) is 0 Å². The highest BCUT2D eigenvalue weighted by Gasteiger charge is 2.34. The molecule has 0 saturated carbocycles. The van der Waals surface area contributed by atoms with Gasteiger partial charge in [-0.25, -0.2) is 0 Å². The van der Waals surface area contributed by atoms with Gasteiger partial charge in [0.25, 0.3) is 0 Å². The van der Waals surface area contributed by atoms with E-state index in [-0.39, 0.29) is 30.9 Å². The molecule has 4 rings (SSSR count). The van der Waals surface area contributed by atoms with Crippen LogP contribution in [0.5, 0.6) is 0 Å². The summed E-state index contributed by atoms with van der Waals surface area (Å²) < 4.78 is 0. The monoisotopic (exact) mass is 422 g/mol. The van der Waals surface area contributed by atoms with Gasteiger partial charge in [0.1, 0.15) is 0 Å². The SMILES string of the molecule is Cl.Cl.O[C@@H]1CN(Cc2ccccc2)CC[C@H]1N1CCC(c2ccccc2)CC1. The smallest absolute Gasteiger partial charge is 0.0822 e. The molecule has 2 aromatic carbocycles. The maximum atomic E-state index is 10.8. The molecule has 0 radical (unpaired) electrons. The molecule has 1 N–H and O–H groups in total. The normalized spacial score (nSPS) is 24.2. The molecule has 2 aliphatic rings. The van der Waals surface area contributed by atoms with E-state index in [1.54, 1.807) is 0 Å². The third-order valence-corrected chi connectivity index (χ3v) is 6.15. The standard InChI is InChI=1S/C23H30N2O.2ClH/c26-23-18-24(17-19-7-3-1-4-8-19)14-13-22(23)25-15-11-21(12-16-25)20-9-5-2-6-10-20;;/h1-10,21-23,26H,11-18H2;2*1H/t22-,23-;;/m1../s1. The Morgan fingerprint density at radius 1 is 0.786 bits per heavy atom. The van der Waals surface area contributed by atoms with Crippen molar-refractivity contribution in [3.8, 4) is 0 Å². The first-order chi connectivity index (χ1) is 12.8. The van der Waals surface area contributed by atoms with E-state index in [4.69, 9.17) is 0 Å². The average molecular weight is 423 g/mol. The van der Waals surface area contributed by atoms with Crippen LogP contribution in [0.3, 0.4) is 0 Å². The van der Waals surface area contributed by atoms with Gasteiger partial charge in [0.05, 0.1) is 6.10 Å². The number of β-amino-alcohol motifs (C(OH)–C–C–N with tert-alkyl or cyclic N) is 1. The van der Waals surface area contributed by atoms with Crippen LogP contribution in [0, 0.1) is 0 Å². The van der Waals surface area contributed by atoms with E-state index in [0.717, 1.165) is 39.1 Å². The molecular formula is C23H32Cl2N2O. The summed E-state index contributed by atoms with van der Waals surface area (Å²) in [4.78, 5) is 4.94. The van der Waals surface area contributed by atoms with Gasteiger partial charge in [0.15, 0.2) is 0 Å². The second-order valence-corrected chi connectivity index (χ2v) is 7.87. The van der Waals surface area contributed by atoms with Crippen molar-refractivity contribution in [3.63, 3.8) is 0 Å². The summed E-state index contributed by atoms with van der Waals surface area (Å²) in [6.07, 6.45) is 3.26. The Bertz CT molecular complexity index is 678. The minimum absolute atomic E-state index is 0. The lowest BCUT2D eigenvalue weighted by Gasteiger charge is -2.44. The Kier molecular flexibility index (Phi) is 9.26. The Morgan fingerprint density at radius 3 is 2.00 bits per heavy atom. The van der Waals surface area contributed by atoms with E-state index in [0.29, 0.717) is 12.0 Å². The predicted octanol–water partition coefficient (Wildman–Crippen LogP) is 4.35. The number of piperidine rings is 2. The van der Waals surface area contributed by atoms with Gasteiger partial charge in [-0.05, 0) is 49.4 Å². The van der Waals surface area contributed by atoms with E-state index < -0.39 is 0 Å². The molecule has 5 heteroatoms. The Labute approximate surface area is 181 Å². The van der Waals surface area contributed by atoms with Crippen molar-refractivity contribution < 1.29 is 5.11 Å². The number of halogens is 2. The summed E-state index contributed by atoms with van der Waals surface area (Å²) >= 11 is 0. The molecule has 2 atom stereocenters. The fraction of sp³-hybridized carbons (Fsp3) is 0.478. The first-order valence-corrected chi connectivity index (χ1v) is 10.0. The lowest BCUT2D eigenvalue weighted by molar-refractivity contribution is -0.0231. The van der Waals surface area contributed by atoms with Crippen molar-refractivity contribution in [1.29, 1.82) is 0 Å². The highest BCUT2D eigenvalue weighted by atomic mass is 35.5. The lowest BCUT2D eigenvalue weighted by Crippen LogP contribution is -2.55. The van der Waals surface area contributed by atoms with Crippen LogP contribution in [0.15, 0.2) is 60.7 Å². The summed E-state index contributed by atoms with van der Waals surface area (Å²) in [5.74, 6) is 0.683. The van der Waals surface area contributed by atoms with Gasteiger partial charge < -0.3 is 5.11 Å². The van der Waals surface area contributed by atoms with Crippen molar-refractivity contribution in [2.24, 2.45) is 0 Å². The van der Waals surface area contributed by atoms with Crippen LogP contribution < -0.4 is 0 Å². The van der Waals surface area contributed by atoms with Crippen LogP contribution in [-0.2, 0) is 6.54 Å². The number of likely N-dealkylation sites (tertiary alicyclic amines) is 2. The van der Waals surface area contributed by atoms with E-state index in [1.165, 1.54) is 24.0 Å². The van der Waals surface area contributed by atoms with Crippen LogP contribution in [0.4, 0.5) is 0 Å². The minimum Gasteiger partial charge on any atom is -0.390 e. The molecule has 2 saturated heterocycles. The van der Waals surface area contributed by atoms with Crippen LogP contribution in [-0.4, -0.2) is 53.2 Å². The molecule has 0 aromatic heterocycles. The van der Waals surface area contributed by atoms with Crippen molar-refractivity contribution in [2.45, 2.75) is 43.9 Å². The van der Waals surface area contributed by atoms with Gasteiger partial charge in [-0.15, -0.1) is 24.8 Å². The average Bonchev–Trinajstić information content (AvgIpc) is 2.70. The summed E-state index contributed by atoms with van der Waals surface area (Å²) in [6.45, 7) is 5.04. The van der Waals surface area contributed by atoms with Gasteiger partial charge >= 0.3 is 0 Å². The quantitative estimate of drug-likeness (QED) is 0.793. The van der Waals surface area contributed by atoms with Gasteiger partial charge in [-0.3, -0.25) is 9.80 Å². The molecule has 154 valence electrons. The fourth-order valence-electron chi connectivity index (χ4n) is 4.69. The summed E-state index contributed by atoms with van der Waals surface area (Å²) in [5.41, 5.74) is 2.81. The molecule has 3 nitrogen and oxygen atoms in total. The number of nitrogens with zero attached hydrogens (tertiary/aromatic N) is 2. The van der Waals surface area contributed by atoms with Crippen molar-refractivity contribution in [1.82, 2.24) is 9.80 Å². The molecule has 28 heavy (non-hydrogen) atoms. The van der Waals surface area contributed by atoms with Crippen LogP contribution in [0.25, 0.3) is 0 Å². The molecule has 0 bridgehead atoms. The number of benzene rings is 2. The molecule has 2 heterocycles. The van der Waals surface area contributed by atoms with Gasteiger partial charge in [-0.1, -0.05) is 60.7 Å². The molecule has 0 aliphatic carbocycles. The number of rotatable bonds is 4. The van der Waals surface area contributed by atoms with Crippen LogP contribution in [0.1, 0.15) is 36.3 Å². The zero-order chi connectivity index (χ0) is 17.8. The third kappa shape index (κ3) is 5.71. The second-order valence-electron chi connectivity index (χ2n) is 7.87. The summed E-state index contributed by atoms with van der Waals surface area (Å²) in [6, 6.07) is 21.8. The zero-order valence-corrected chi connectivity index (χ0v) is 18.0. The maximum Gasteiger partial charge on any atom is 0.0822 e. The van der Waals surface area contributed by atoms with Gasteiger partial charge in [0.2, 0.25) is 0 Å². The predicted molar refractivity (Wildman–Crippen MR) is 121 cm³/mol. The Morgan fingerprint density at radius 2 is 1.39 bits per heavy atom. The topological polar surface area (TPSA) is 26.7 Å². The molecule has 2 aromatic rings. The molecule has 2 fully saturated rings. The molecule has 0 unspecified atom stereocenters.